The van der Waals surface area contributed by atoms with Crippen molar-refractivity contribution in [2.45, 2.75) is 6.54 Å². The lowest BCUT2D eigenvalue weighted by atomic mass is 10.2. The third-order valence-corrected chi connectivity index (χ3v) is 4.39. The summed E-state index contributed by atoms with van der Waals surface area (Å²) in [5.41, 5.74) is 2.08. The van der Waals surface area contributed by atoms with Crippen LogP contribution < -0.4 is 10.9 Å². The van der Waals surface area contributed by atoms with Crippen LogP contribution in [0.5, 0.6) is 0 Å². The van der Waals surface area contributed by atoms with Crippen LogP contribution in [0, 0.1) is 0 Å². The molecule has 136 valence electrons. The number of aliphatic hydroxyl groups excluding tert-OH is 1. The molecule has 0 aliphatic rings. The van der Waals surface area contributed by atoms with E-state index in [0.717, 1.165) is 5.56 Å². The van der Waals surface area contributed by atoms with Gasteiger partial charge in [-0.05, 0) is 23.8 Å². The number of amides is 1. The average molecular weight is 362 g/mol. The van der Waals surface area contributed by atoms with Crippen LogP contribution in [0.1, 0.15) is 16.1 Å². The molecule has 3 heterocycles. The quantitative estimate of drug-likeness (QED) is 0.562. The highest BCUT2D eigenvalue weighted by Gasteiger charge is 2.19. The number of aromatic nitrogens is 3. The molecular formula is C20H18N4O3. The molecule has 4 aromatic rings. The van der Waals surface area contributed by atoms with Gasteiger partial charge < -0.3 is 15.0 Å². The molecule has 2 N–H and O–H groups in total. The van der Waals surface area contributed by atoms with Crippen LogP contribution in [-0.4, -0.2) is 38.1 Å². The highest BCUT2D eigenvalue weighted by atomic mass is 16.3. The highest BCUT2D eigenvalue weighted by Crippen LogP contribution is 2.18. The van der Waals surface area contributed by atoms with Gasteiger partial charge in [-0.15, -0.1) is 0 Å². The molecule has 0 bridgehead atoms. The maximum atomic E-state index is 12.9. The second-order valence-electron chi connectivity index (χ2n) is 6.16. The first-order chi connectivity index (χ1) is 13.2. The van der Waals surface area contributed by atoms with Crippen molar-refractivity contribution in [3.63, 3.8) is 0 Å². The summed E-state index contributed by atoms with van der Waals surface area (Å²) in [6.07, 6.45) is 1.66. The SMILES string of the molecule is O=C(NCCO)c1cc2c(=O)n3ccccc3nc2n1Cc1ccccc1. The van der Waals surface area contributed by atoms with E-state index >= 15 is 0 Å². The second kappa shape index (κ2) is 7.05. The molecule has 0 aliphatic carbocycles. The zero-order valence-corrected chi connectivity index (χ0v) is 14.5. The Bertz CT molecular complexity index is 1180. The van der Waals surface area contributed by atoms with E-state index in [-0.39, 0.29) is 24.6 Å². The summed E-state index contributed by atoms with van der Waals surface area (Å²) in [6, 6.07) is 16.6. The number of fused-ring (bicyclic) bond motifs is 2. The minimum absolute atomic E-state index is 0.139. The van der Waals surface area contributed by atoms with Crippen LogP contribution in [0.15, 0.2) is 65.6 Å². The van der Waals surface area contributed by atoms with Gasteiger partial charge in [-0.1, -0.05) is 36.4 Å². The fraction of sp³-hybridized carbons (Fsp3) is 0.150. The van der Waals surface area contributed by atoms with Gasteiger partial charge in [-0.3, -0.25) is 14.0 Å². The number of hydrogen-bond donors (Lipinski definition) is 2. The van der Waals surface area contributed by atoms with E-state index in [1.54, 1.807) is 29.0 Å². The van der Waals surface area contributed by atoms with E-state index in [1.165, 1.54) is 4.40 Å². The number of nitrogens with zero attached hydrogens (tertiary/aromatic N) is 3. The van der Waals surface area contributed by atoms with Crippen molar-refractivity contribution in [2.24, 2.45) is 0 Å². The Balaban J connectivity index is 1.95. The summed E-state index contributed by atoms with van der Waals surface area (Å²) in [6.45, 7) is 0.386. The minimum Gasteiger partial charge on any atom is -0.395 e. The van der Waals surface area contributed by atoms with Crippen LogP contribution in [0.3, 0.4) is 0 Å². The number of rotatable bonds is 5. The van der Waals surface area contributed by atoms with Crippen LogP contribution >= 0.6 is 0 Å². The number of nitrogens with one attached hydrogen (secondary N) is 1. The molecular weight excluding hydrogens is 344 g/mol. The van der Waals surface area contributed by atoms with Gasteiger partial charge in [0, 0.05) is 19.3 Å². The third kappa shape index (κ3) is 3.09. The second-order valence-corrected chi connectivity index (χ2v) is 6.16. The van der Waals surface area contributed by atoms with Gasteiger partial charge in [0.15, 0.2) is 0 Å². The van der Waals surface area contributed by atoms with Crippen LogP contribution in [-0.2, 0) is 6.54 Å². The monoisotopic (exact) mass is 362 g/mol. The summed E-state index contributed by atoms with van der Waals surface area (Å²) >= 11 is 0. The van der Waals surface area contributed by atoms with E-state index in [1.807, 2.05) is 36.4 Å². The van der Waals surface area contributed by atoms with Crippen molar-refractivity contribution in [2.75, 3.05) is 13.2 Å². The molecule has 0 saturated carbocycles. The summed E-state index contributed by atoms with van der Waals surface area (Å²) in [7, 11) is 0. The predicted molar refractivity (Wildman–Crippen MR) is 102 cm³/mol. The molecule has 1 amide bonds. The molecule has 0 aliphatic heterocycles. The van der Waals surface area contributed by atoms with Crippen LogP contribution in [0.2, 0.25) is 0 Å². The number of benzene rings is 1. The zero-order valence-electron chi connectivity index (χ0n) is 14.5. The average Bonchev–Trinajstić information content (AvgIpc) is 3.06. The van der Waals surface area contributed by atoms with Crippen molar-refractivity contribution in [1.82, 2.24) is 19.3 Å². The van der Waals surface area contributed by atoms with E-state index < -0.39 is 0 Å². The van der Waals surface area contributed by atoms with Crippen LogP contribution in [0.25, 0.3) is 16.7 Å². The molecule has 7 nitrogen and oxygen atoms in total. The van der Waals surface area contributed by atoms with E-state index in [4.69, 9.17) is 5.11 Å². The molecule has 0 fully saturated rings. The maximum absolute atomic E-state index is 12.9. The molecule has 4 rings (SSSR count). The van der Waals surface area contributed by atoms with E-state index in [9.17, 15) is 9.59 Å². The van der Waals surface area contributed by atoms with Gasteiger partial charge in [0.05, 0.1) is 12.0 Å². The number of carbonyl (C=O) groups excluding carboxylic acids is 1. The number of aliphatic hydroxyl groups is 1. The Labute approximate surface area is 154 Å². The third-order valence-electron chi connectivity index (χ3n) is 4.39. The molecule has 3 aromatic heterocycles. The lowest BCUT2D eigenvalue weighted by Gasteiger charge is -2.11. The molecule has 1 aromatic carbocycles. The minimum atomic E-state index is -0.355. The van der Waals surface area contributed by atoms with Gasteiger partial charge in [0.2, 0.25) is 0 Å². The summed E-state index contributed by atoms with van der Waals surface area (Å²) in [5, 5.41) is 12.0. The van der Waals surface area contributed by atoms with Crippen LogP contribution in [0.4, 0.5) is 0 Å². The number of hydrogen-bond acceptors (Lipinski definition) is 4. The number of carbonyl (C=O) groups is 1. The van der Waals surface area contributed by atoms with Gasteiger partial charge in [0.25, 0.3) is 11.5 Å². The maximum Gasteiger partial charge on any atom is 0.268 e. The first-order valence-corrected chi connectivity index (χ1v) is 8.62. The molecule has 0 unspecified atom stereocenters. The lowest BCUT2D eigenvalue weighted by molar-refractivity contribution is 0.0936. The molecule has 27 heavy (non-hydrogen) atoms. The fourth-order valence-electron chi connectivity index (χ4n) is 3.13. The molecule has 0 radical (unpaired) electrons. The molecule has 0 saturated heterocycles. The van der Waals surface area contributed by atoms with Gasteiger partial charge in [-0.25, -0.2) is 4.98 Å². The first kappa shape index (κ1) is 17.0. The molecule has 7 heteroatoms. The van der Waals surface area contributed by atoms with Gasteiger partial charge in [0.1, 0.15) is 17.0 Å². The smallest absolute Gasteiger partial charge is 0.268 e. The normalized spacial score (nSPS) is 11.1. The largest absolute Gasteiger partial charge is 0.395 e. The van der Waals surface area contributed by atoms with Gasteiger partial charge >= 0.3 is 0 Å². The van der Waals surface area contributed by atoms with Crippen molar-refractivity contribution in [3.8, 4) is 0 Å². The predicted octanol–water partition coefficient (Wildman–Crippen LogP) is 1.42. The summed E-state index contributed by atoms with van der Waals surface area (Å²) in [4.78, 5) is 30.1. The Morgan fingerprint density at radius 2 is 1.89 bits per heavy atom. The summed E-state index contributed by atoms with van der Waals surface area (Å²) in [5.74, 6) is -0.355. The standard InChI is InChI=1S/C20H18N4O3/c25-11-9-21-19(26)16-12-15-18(24(16)13-14-6-2-1-3-7-14)22-17-8-4-5-10-23(17)20(15)27/h1-8,10,12,25H,9,11,13H2,(H,21,26). The van der Waals surface area contributed by atoms with Crippen molar-refractivity contribution < 1.29 is 9.90 Å². The Morgan fingerprint density at radius 1 is 1.11 bits per heavy atom. The van der Waals surface area contributed by atoms with Gasteiger partial charge in [-0.2, -0.15) is 0 Å². The zero-order chi connectivity index (χ0) is 18.8. The Hall–Kier alpha value is -3.45. The highest BCUT2D eigenvalue weighted by molar-refractivity contribution is 5.98. The van der Waals surface area contributed by atoms with Crippen molar-refractivity contribution in [1.29, 1.82) is 0 Å². The fourth-order valence-corrected chi connectivity index (χ4v) is 3.13. The Kier molecular flexibility index (Phi) is 4.43. The van der Waals surface area contributed by atoms with E-state index in [2.05, 4.69) is 10.3 Å². The Morgan fingerprint density at radius 3 is 2.67 bits per heavy atom. The summed E-state index contributed by atoms with van der Waals surface area (Å²) < 4.78 is 3.20. The lowest BCUT2D eigenvalue weighted by Crippen LogP contribution is -2.28. The van der Waals surface area contributed by atoms with Crippen molar-refractivity contribution in [3.05, 3.63) is 82.4 Å². The first-order valence-electron chi connectivity index (χ1n) is 8.62. The molecule has 0 atom stereocenters. The van der Waals surface area contributed by atoms with E-state index in [0.29, 0.717) is 28.9 Å². The molecule has 0 spiro atoms. The van der Waals surface area contributed by atoms with Crippen molar-refractivity contribution >= 4 is 22.6 Å². The number of pyridine rings is 1. The topological polar surface area (TPSA) is 88.6 Å².